The lowest BCUT2D eigenvalue weighted by molar-refractivity contribution is -0.146. The summed E-state index contributed by atoms with van der Waals surface area (Å²) < 4.78 is 13.2. The van der Waals surface area contributed by atoms with E-state index in [2.05, 4.69) is 34.1 Å². The van der Waals surface area contributed by atoms with Crippen LogP contribution in [-0.4, -0.2) is 74.5 Å². The van der Waals surface area contributed by atoms with Crippen LogP contribution in [0.2, 0.25) is 0 Å². The van der Waals surface area contributed by atoms with Gasteiger partial charge in [-0.15, -0.1) is 0 Å². The molecule has 3 aliphatic rings. The third kappa shape index (κ3) is 4.69. The molecule has 2 fully saturated rings. The topological polar surface area (TPSA) is 59.0 Å². The maximum atomic E-state index is 13.2. The Balaban J connectivity index is 1.57. The van der Waals surface area contributed by atoms with Crippen LogP contribution in [0.15, 0.2) is 12.3 Å². The molecule has 0 bridgehead atoms. The number of anilines is 1. The van der Waals surface area contributed by atoms with Crippen LogP contribution in [0.3, 0.4) is 0 Å². The van der Waals surface area contributed by atoms with Gasteiger partial charge in [0.25, 0.3) is 5.91 Å². The Bertz CT molecular complexity index is 784. The van der Waals surface area contributed by atoms with E-state index >= 15 is 0 Å². The minimum atomic E-state index is -0.389. The smallest absolute Gasteiger partial charge is 0.253 e. The van der Waals surface area contributed by atoms with E-state index in [1.54, 1.807) is 7.11 Å². The second-order valence-electron chi connectivity index (χ2n) is 8.44. The third-order valence-corrected chi connectivity index (χ3v) is 6.43. The number of unbranched alkanes of at least 4 members (excludes halogenated alkanes) is 1. The molecule has 1 aromatic heterocycles. The van der Waals surface area contributed by atoms with E-state index in [0.717, 1.165) is 73.9 Å². The number of fused-ring (bicyclic) bond motifs is 1. The van der Waals surface area contributed by atoms with Crippen molar-refractivity contribution in [2.75, 3.05) is 51.9 Å². The normalized spacial score (nSPS) is 21.4. The van der Waals surface area contributed by atoms with E-state index in [-0.39, 0.29) is 12.0 Å². The number of carbonyl (C=O) groups is 1. The molecular weight excluding hydrogens is 404 g/mol. The molecule has 1 saturated heterocycles. The summed E-state index contributed by atoms with van der Waals surface area (Å²) in [7, 11) is 3.84. The Morgan fingerprint density at radius 2 is 2.23 bits per heavy atom. The molecule has 8 heteroatoms. The monoisotopic (exact) mass is 436 g/mol. The first-order chi connectivity index (χ1) is 14.6. The number of nitrogens with zero attached hydrogens (tertiary/aromatic N) is 3. The van der Waals surface area contributed by atoms with Crippen molar-refractivity contribution in [2.24, 2.45) is 0 Å². The number of rotatable bonds is 9. The lowest BCUT2D eigenvalue weighted by Gasteiger charge is -2.30. The zero-order valence-corrected chi connectivity index (χ0v) is 18.8. The molecule has 3 heterocycles. The van der Waals surface area contributed by atoms with E-state index in [9.17, 15) is 4.79 Å². The summed E-state index contributed by atoms with van der Waals surface area (Å²) in [5.41, 5.74) is 2.19. The Hall–Kier alpha value is -1.54. The van der Waals surface area contributed by atoms with Crippen molar-refractivity contribution in [1.29, 1.82) is 0 Å². The Morgan fingerprint density at radius 3 is 2.93 bits per heavy atom. The maximum absolute atomic E-state index is 13.2. The summed E-state index contributed by atoms with van der Waals surface area (Å²) in [5, 5.41) is 4.06. The van der Waals surface area contributed by atoms with Crippen molar-refractivity contribution in [3.05, 3.63) is 23.4 Å². The molecule has 30 heavy (non-hydrogen) atoms. The lowest BCUT2D eigenvalue weighted by atomic mass is 10.1. The van der Waals surface area contributed by atoms with Crippen LogP contribution in [0.1, 0.15) is 36.8 Å². The highest BCUT2D eigenvalue weighted by atomic mass is 35.5. The van der Waals surface area contributed by atoms with Gasteiger partial charge in [0, 0.05) is 81.9 Å². The summed E-state index contributed by atoms with van der Waals surface area (Å²) in [6.07, 6.45) is 8.05. The quantitative estimate of drug-likeness (QED) is 0.602. The fourth-order valence-electron chi connectivity index (χ4n) is 4.36. The minimum Gasteiger partial charge on any atom is -0.385 e. The first kappa shape index (κ1) is 21.7. The van der Waals surface area contributed by atoms with Crippen LogP contribution in [0, 0.1) is 0 Å². The molecule has 1 atom stereocenters. The molecule has 1 amide bonds. The van der Waals surface area contributed by atoms with Gasteiger partial charge in [0.1, 0.15) is 11.9 Å². The van der Waals surface area contributed by atoms with Crippen LogP contribution in [0.25, 0.3) is 5.03 Å². The number of ether oxygens (including phenoxy) is 2. The predicted molar refractivity (Wildman–Crippen MR) is 119 cm³/mol. The van der Waals surface area contributed by atoms with E-state index in [4.69, 9.17) is 21.1 Å². The highest BCUT2D eigenvalue weighted by molar-refractivity contribution is 6.49. The van der Waals surface area contributed by atoms with Crippen molar-refractivity contribution < 1.29 is 14.3 Å². The second-order valence-corrected chi connectivity index (χ2v) is 8.85. The van der Waals surface area contributed by atoms with Crippen molar-refractivity contribution in [1.82, 2.24) is 14.8 Å². The molecule has 0 aromatic carbocycles. The fraction of sp³-hybridized carbons (Fsp3) is 0.682. The molecule has 0 unspecified atom stereocenters. The average molecular weight is 437 g/mol. The standard InChI is InChI=1S/C22H33ClN4O3/c1-25-10-7-18(23)20-16(14-26(21(20)25)9-3-4-11-29-2)15-27(17-5-6-17)22(28)19-13-24-8-12-30-19/h7,14,17,19,24H,3-6,8-13,15H2,1-2H3/t19-/m1/s1. The summed E-state index contributed by atoms with van der Waals surface area (Å²) >= 11 is 6.68. The number of morpholine rings is 1. The van der Waals surface area contributed by atoms with Gasteiger partial charge in [0.15, 0.2) is 0 Å². The number of aryl methyl sites for hydroxylation is 1. The van der Waals surface area contributed by atoms with Crippen LogP contribution < -0.4 is 10.2 Å². The number of nitrogens with one attached hydrogen (secondary N) is 1. The number of hydrogen-bond acceptors (Lipinski definition) is 5. The molecule has 2 aliphatic heterocycles. The number of methoxy groups -OCH3 is 1. The van der Waals surface area contributed by atoms with E-state index in [0.29, 0.717) is 25.7 Å². The van der Waals surface area contributed by atoms with E-state index < -0.39 is 0 Å². The van der Waals surface area contributed by atoms with E-state index in [1.807, 2.05) is 4.90 Å². The van der Waals surface area contributed by atoms with Gasteiger partial charge >= 0.3 is 0 Å². The molecular formula is C22H33ClN4O3. The van der Waals surface area contributed by atoms with Crippen molar-refractivity contribution in [3.63, 3.8) is 0 Å². The zero-order valence-electron chi connectivity index (χ0n) is 18.0. The molecule has 4 rings (SSSR count). The highest BCUT2D eigenvalue weighted by Crippen LogP contribution is 2.39. The van der Waals surface area contributed by atoms with Crippen LogP contribution in [0.4, 0.5) is 5.82 Å². The first-order valence-corrected chi connectivity index (χ1v) is 11.4. The zero-order chi connectivity index (χ0) is 21.1. The van der Waals surface area contributed by atoms with Gasteiger partial charge < -0.3 is 29.2 Å². The minimum absolute atomic E-state index is 0.0931. The van der Waals surface area contributed by atoms with Crippen molar-refractivity contribution >= 4 is 28.4 Å². The van der Waals surface area contributed by atoms with Crippen LogP contribution in [0.5, 0.6) is 0 Å². The van der Waals surface area contributed by atoms with Crippen LogP contribution >= 0.6 is 11.6 Å². The Labute approximate surface area is 183 Å². The number of carbonyl (C=O) groups excluding carboxylic acids is 1. The van der Waals surface area contributed by atoms with Gasteiger partial charge in [-0.05, 0) is 31.8 Å². The molecule has 1 aromatic rings. The van der Waals surface area contributed by atoms with E-state index in [1.165, 1.54) is 0 Å². The molecule has 0 spiro atoms. The number of amides is 1. The number of likely N-dealkylation sites (N-methyl/N-ethyl adjacent to an activating group) is 1. The summed E-state index contributed by atoms with van der Waals surface area (Å²) in [4.78, 5) is 17.5. The van der Waals surface area contributed by atoms with Gasteiger partial charge in [0.2, 0.25) is 0 Å². The maximum Gasteiger partial charge on any atom is 0.253 e. The largest absolute Gasteiger partial charge is 0.385 e. The highest BCUT2D eigenvalue weighted by Gasteiger charge is 2.38. The molecule has 0 radical (unpaired) electrons. The van der Waals surface area contributed by atoms with Gasteiger partial charge in [-0.25, -0.2) is 0 Å². The third-order valence-electron chi connectivity index (χ3n) is 6.09. The summed E-state index contributed by atoms with van der Waals surface area (Å²) in [5.74, 6) is 1.24. The Morgan fingerprint density at radius 1 is 1.40 bits per heavy atom. The first-order valence-electron chi connectivity index (χ1n) is 11.0. The summed E-state index contributed by atoms with van der Waals surface area (Å²) in [6, 6.07) is 0.313. The molecule has 1 N–H and O–H groups in total. The number of halogens is 1. The van der Waals surface area contributed by atoms with Gasteiger partial charge in [-0.3, -0.25) is 4.79 Å². The van der Waals surface area contributed by atoms with Crippen molar-refractivity contribution in [2.45, 2.75) is 50.9 Å². The van der Waals surface area contributed by atoms with Gasteiger partial charge in [-0.1, -0.05) is 11.6 Å². The van der Waals surface area contributed by atoms with Gasteiger partial charge in [0.05, 0.1) is 6.61 Å². The fourth-order valence-corrected chi connectivity index (χ4v) is 4.64. The average Bonchev–Trinajstić information content (AvgIpc) is 3.54. The van der Waals surface area contributed by atoms with Crippen molar-refractivity contribution in [3.8, 4) is 0 Å². The van der Waals surface area contributed by atoms with Gasteiger partial charge in [-0.2, -0.15) is 0 Å². The number of hydrogen-bond donors (Lipinski definition) is 1. The SMILES string of the molecule is COCCCCn1cc(CN(C(=O)[C@H]2CNCCO2)C2CC2)c2c1N(C)CC=C2Cl. The molecule has 1 aliphatic carbocycles. The lowest BCUT2D eigenvalue weighted by Crippen LogP contribution is -2.49. The molecule has 7 nitrogen and oxygen atoms in total. The number of aromatic nitrogens is 1. The molecule has 166 valence electrons. The predicted octanol–water partition coefficient (Wildman–Crippen LogP) is 2.42. The van der Waals surface area contributed by atoms with Crippen LogP contribution in [-0.2, 0) is 27.4 Å². The summed E-state index contributed by atoms with van der Waals surface area (Å²) in [6.45, 7) is 5.03. The second kappa shape index (κ2) is 9.73. The molecule has 1 saturated carbocycles. The Kier molecular flexibility index (Phi) is 7.03.